The van der Waals surface area contributed by atoms with Gasteiger partial charge in [0.05, 0.1) is 0 Å². The van der Waals surface area contributed by atoms with Crippen molar-refractivity contribution in [2.75, 3.05) is 0 Å². The molecule has 0 bridgehead atoms. The number of rotatable bonds is 5. The molecule has 2 aromatic heterocycles. The zero-order valence-electron chi connectivity index (χ0n) is 23.1. The molecule has 5 nitrogen and oxygen atoms in total. The first-order chi connectivity index (χ1) is 21.3. The predicted octanol–water partition coefficient (Wildman–Crippen LogP) is 9.50. The van der Waals surface area contributed by atoms with E-state index in [4.69, 9.17) is 19.4 Å². The molecule has 0 N–H and O–H groups in total. The highest BCUT2D eigenvalue weighted by molar-refractivity contribution is 6.04. The maximum Gasteiger partial charge on any atom is 0.181 e. The number of fused-ring (bicyclic) bond motifs is 2. The van der Waals surface area contributed by atoms with Gasteiger partial charge in [0.25, 0.3) is 0 Å². The molecule has 0 fully saturated rings. The van der Waals surface area contributed by atoms with Gasteiger partial charge in [0.1, 0.15) is 5.52 Å². The summed E-state index contributed by atoms with van der Waals surface area (Å²) in [5.74, 6) is 1.90. The lowest BCUT2D eigenvalue weighted by Gasteiger charge is -2.13. The van der Waals surface area contributed by atoms with Gasteiger partial charge in [-0.3, -0.25) is 0 Å². The first-order valence-corrected chi connectivity index (χ1v) is 14.1. The quantitative estimate of drug-likeness (QED) is 0.213. The van der Waals surface area contributed by atoms with Gasteiger partial charge in [-0.05, 0) is 51.2 Å². The molecular formula is C38H24N4O. The molecule has 8 rings (SSSR count). The van der Waals surface area contributed by atoms with Gasteiger partial charge in [-0.15, -0.1) is 0 Å². The van der Waals surface area contributed by atoms with Crippen molar-refractivity contribution in [2.24, 2.45) is 0 Å². The number of nitrogens with zero attached hydrogens (tertiary/aromatic N) is 4. The highest BCUT2D eigenvalue weighted by atomic mass is 16.3. The first kappa shape index (κ1) is 24.8. The molecule has 0 unspecified atom stereocenters. The predicted molar refractivity (Wildman–Crippen MR) is 172 cm³/mol. The van der Waals surface area contributed by atoms with Crippen LogP contribution in [0.2, 0.25) is 0 Å². The van der Waals surface area contributed by atoms with E-state index in [0.717, 1.165) is 55.3 Å². The topological polar surface area (TPSA) is 64.7 Å². The lowest BCUT2D eigenvalue weighted by atomic mass is 9.94. The smallest absolute Gasteiger partial charge is 0.181 e. The van der Waals surface area contributed by atoms with Crippen molar-refractivity contribution in [1.29, 1.82) is 0 Å². The van der Waals surface area contributed by atoms with E-state index in [1.807, 2.05) is 48.5 Å². The van der Waals surface area contributed by atoms with Gasteiger partial charge in [-0.1, -0.05) is 121 Å². The molecule has 43 heavy (non-hydrogen) atoms. The molecule has 0 radical (unpaired) electrons. The van der Waals surface area contributed by atoms with Crippen LogP contribution in [-0.4, -0.2) is 19.9 Å². The molecule has 0 spiro atoms. The minimum atomic E-state index is 0.629. The maximum absolute atomic E-state index is 5.59. The molecule has 0 atom stereocenters. The van der Waals surface area contributed by atoms with E-state index in [1.54, 1.807) is 0 Å². The van der Waals surface area contributed by atoms with Gasteiger partial charge in [0.2, 0.25) is 0 Å². The van der Waals surface area contributed by atoms with E-state index in [9.17, 15) is 0 Å². The van der Waals surface area contributed by atoms with Crippen LogP contribution >= 0.6 is 0 Å². The van der Waals surface area contributed by atoms with Gasteiger partial charge in [-0.2, -0.15) is 0 Å². The fourth-order valence-electron chi connectivity index (χ4n) is 5.55. The second-order valence-corrected chi connectivity index (χ2v) is 10.4. The number of hydrogen-bond acceptors (Lipinski definition) is 5. The zero-order valence-corrected chi connectivity index (χ0v) is 23.1. The van der Waals surface area contributed by atoms with E-state index >= 15 is 0 Å². The van der Waals surface area contributed by atoms with E-state index in [-0.39, 0.29) is 0 Å². The number of benzene rings is 6. The molecule has 0 aliphatic rings. The fraction of sp³-hybridized carbons (Fsp3) is 0. The van der Waals surface area contributed by atoms with Gasteiger partial charge in [0.15, 0.2) is 29.4 Å². The van der Waals surface area contributed by atoms with Crippen LogP contribution in [0.5, 0.6) is 0 Å². The Kier molecular flexibility index (Phi) is 6.05. The normalized spacial score (nSPS) is 11.3. The molecule has 6 aromatic carbocycles. The maximum atomic E-state index is 5.59. The summed E-state index contributed by atoms with van der Waals surface area (Å²) in [7, 11) is 0. The summed E-state index contributed by atoms with van der Waals surface area (Å²) in [6.45, 7) is 0. The third-order valence-electron chi connectivity index (χ3n) is 7.72. The SMILES string of the molecule is c1ccc(-c2ccc(-c3nc(-c4ccccc4)nc(-c4ccc(-c5ccc6ncoc6c5)c5ccccc45)n3)cc2)cc1. The molecule has 0 saturated heterocycles. The van der Waals surface area contributed by atoms with E-state index in [0.29, 0.717) is 17.5 Å². The Morgan fingerprint density at radius 1 is 0.395 bits per heavy atom. The Morgan fingerprint density at radius 3 is 1.63 bits per heavy atom. The lowest BCUT2D eigenvalue weighted by Crippen LogP contribution is -2.00. The third-order valence-corrected chi connectivity index (χ3v) is 7.72. The number of hydrogen-bond donors (Lipinski definition) is 0. The molecule has 2 heterocycles. The first-order valence-electron chi connectivity index (χ1n) is 14.1. The average Bonchev–Trinajstić information content (AvgIpc) is 3.57. The summed E-state index contributed by atoms with van der Waals surface area (Å²) in [6, 6.07) is 47.5. The minimum Gasteiger partial charge on any atom is -0.443 e. The van der Waals surface area contributed by atoms with Crippen LogP contribution in [0.15, 0.2) is 150 Å². The monoisotopic (exact) mass is 552 g/mol. The van der Waals surface area contributed by atoms with Crippen LogP contribution in [-0.2, 0) is 0 Å². The zero-order chi connectivity index (χ0) is 28.6. The third kappa shape index (κ3) is 4.63. The Labute approximate surface area is 248 Å². The summed E-state index contributed by atoms with van der Waals surface area (Å²) in [5, 5.41) is 2.17. The van der Waals surface area contributed by atoms with Crippen molar-refractivity contribution in [3.05, 3.63) is 146 Å². The number of aromatic nitrogens is 4. The molecule has 0 aliphatic carbocycles. The van der Waals surface area contributed by atoms with Crippen LogP contribution in [0, 0.1) is 0 Å². The van der Waals surface area contributed by atoms with Gasteiger partial charge >= 0.3 is 0 Å². The Balaban J connectivity index is 1.29. The Morgan fingerprint density at radius 2 is 0.907 bits per heavy atom. The highest BCUT2D eigenvalue weighted by Gasteiger charge is 2.16. The van der Waals surface area contributed by atoms with Gasteiger partial charge < -0.3 is 4.42 Å². The van der Waals surface area contributed by atoms with E-state index in [2.05, 4.69) is 96.0 Å². The van der Waals surface area contributed by atoms with Crippen molar-refractivity contribution in [1.82, 2.24) is 19.9 Å². The number of oxazole rings is 1. The molecule has 202 valence electrons. The molecule has 0 aliphatic heterocycles. The second kappa shape index (κ2) is 10.5. The molecular weight excluding hydrogens is 528 g/mol. The van der Waals surface area contributed by atoms with Crippen LogP contribution in [0.3, 0.4) is 0 Å². The highest BCUT2D eigenvalue weighted by Crippen LogP contribution is 2.36. The standard InChI is InChI=1S/C38H24N4O/c1-3-9-25(10-4-1)26-15-17-28(18-16-26)37-40-36(27-11-5-2-6-12-27)41-38(42-37)33-21-20-30(31-13-7-8-14-32(31)33)29-19-22-34-35(23-29)43-24-39-34/h1-24H. The van der Waals surface area contributed by atoms with Crippen LogP contribution in [0.25, 0.3) is 78.3 Å². The van der Waals surface area contributed by atoms with Crippen molar-refractivity contribution in [3.63, 3.8) is 0 Å². The Bertz CT molecular complexity index is 2220. The van der Waals surface area contributed by atoms with Crippen LogP contribution < -0.4 is 0 Å². The van der Waals surface area contributed by atoms with Gasteiger partial charge in [-0.25, -0.2) is 19.9 Å². The molecule has 0 amide bonds. The summed E-state index contributed by atoms with van der Waals surface area (Å²) >= 11 is 0. The van der Waals surface area contributed by atoms with Crippen molar-refractivity contribution in [2.45, 2.75) is 0 Å². The van der Waals surface area contributed by atoms with Crippen molar-refractivity contribution < 1.29 is 4.42 Å². The summed E-state index contributed by atoms with van der Waals surface area (Å²) in [6.07, 6.45) is 1.48. The summed E-state index contributed by atoms with van der Waals surface area (Å²) in [5.41, 5.74) is 8.90. The van der Waals surface area contributed by atoms with Crippen molar-refractivity contribution in [3.8, 4) is 56.4 Å². The summed E-state index contributed by atoms with van der Waals surface area (Å²) < 4.78 is 5.59. The van der Waals surface area contributed by atoms with Gasteiger partial charge in [0, 0.05) is 16.7 Å². The van der Waals surface area contributed by atoms with Crippen LogP contribution in [0.1, 0.15) is 0 Å². The average molecular weight is 553 g/mol. The Hall–Kier alpha value is -5.94. The van der Waals surface area contributed by atoms with E-state index < -0.39 is 0 Å². The molecule has 5 heteroatoms. The van der Waals surface area contributed by atoms with Crippen molar-refractivity contribution >= 4 is 21.9 Å². The van der Waals surface area contributed by atoms with E-state index in [1.165, 1.54) is 12.0 Å². The second-order valence-electron chi connectivity index (χ2n) is 10.4. The summed E-state index contributed by atoms with van der Waals surface area (Å²) in [4.78, 5) is 19.2. The molecule has 8 aromatic rings. The largest absolute Gasteiger partial charge is 0.443 e. The fourth-order valence-corrected chi connectivity index (χ4v) is 5.55. The minimum absolute atomic E-state index is 0.629. The lowest BCUT2D eigenvalue weighted by molar-refractivity contribution is 0.602. The van der Waals surface area contributed by atoms with Crippen LogP contribution in [0.4, 0.5) is 0 Å². The molecule has 0 saturated carbocycles.